The summed E-state index contributed by atoms with van der Waals surface area (Å²) in [6, 6.07) is 19.3. The van der Waals surface area contributed by atoms with Crippen molar-refractivity contribution in [2.24, 2.45) is 0 Å². The summed E-state index contributed by atoms with van der Waals surface area (Å²) in [7, 11) is 0. The van der Waals surface area contributed by atoms with Gasteiger partial charge < -0.3 is 9.97 Å². The fourth-order valence-electron chi connectivity index (χ4n) is 10.2. The minimum atomic E-state index is -0.0450. The first-order chi connectivity index (χ1) is 29.7. The van der Waals surface area contributed by atoms with Crippen molar-refractivity contribution >= 4 is 44.4 Å². The van der Waals surface area contributed by atoms with E-state index in [0.717, 1.165) is 65.1 Å². The van der Waals surface area contributed by atoms with Crippen molar-refractivity contribution in [2.45, 2.75) is 186 Å². The van der Waals surface area contributed by atoms with Crippen molar-refractivity contribution in [1.29, 1.82) is 0 Å². The minimum absolute atomic E-state index is 0.0329. The van der Waals surface area contributed by atoms with E-state index in [2.05, 4.69) is 197 Å². The lowest BCUT2D eigenvalue weighted by Crippen LogP contribution is -2.16. The average molecular weight is 855 g/mol. The Morgan fingerprint density at radius 1 is 0.406 bits per heavy atom. The molecule has 0 fully saturated rings. The number of fused-ring (bicyclic) bond motifs is 8. The maximum Gasteiger partial charge on any atom is 0.0769 e. The number of nitrogens with zero attached hydrogens (tertiary/aromatic N) is 2. The van der Waals surface area contributed by atoms with Crippen LogP contribution in [-0.2, 0) is 34.5 Å². The maximum atomic E-state index is 5.75. The van der Waals surface area contributed by atoms with Crippen LogP contribution in [0.25, 0.3) is 66.6 Å². The van der Waals surface area contributed by atoms with Gasteiger partial charge in [0.2, 0.25) is 0 Å². The van der Waals surface area contributed by atoms with Crippen molar-refractivity contribution in [2.75, 3.05) is 0 Å². The van der Waals surface area contributed by atoms with Crippen LogP contribution in [-0.4, -0.2) is 19.9 Å². The van der Waals surface area contributed by atoms with Crippen molar-refractivity contribution in [3.05, 3.63) is 116 Å². The van der Waals surface area contributed by atoms with E-state index in [-0.39, 0.29) is 21.7 Å². The molecule has 64 heavy (non-hydrogen) atoms. The highest BCUT2D eigenvalue weighted by Gasteiger charge is 2.30. The van der Waals surface area contributed by atoms with E-state index in [1.807, 2.05) is 0 Å². The second-order valence-corrected chi connectivity index (χ2v) is 23.0. The third kappa shape index (κ3) is 8.29. The summed E-state index contributed by atoms with van der Waals surface area (Å²) in [4.78, 5) is 19.7. The van der Waals surface area contributed by atoms with Crippen LogP contribution in [0.15, 0.2) is 48.5 Å². The first-order valence-electron chi connectivity index (χ1n) is 24.3. The molecule has 4 heteroatoms. The van der Waals surface area contributed by atoms with Crippen molar-refractivity contribution < 1.29 is 0 Å². The van der Waals surface area contributed by atoms with Gasteiger partial charge >= 0.3 is 0 Å². The van der Waals surface area contributed by atoms with E-state index in [1.54, 1.807) is 0 Å². The van der Waals surface area contributed by atoms with Gasteiger partial charge in [-0.3, -0.25) is 0 Å². The number of nitrogens with one attached hydrogen (secondary N) is 2. The topological polar surface area (TPSA) is 57.4 Å². The number of benzene rings is 2. The third-order valence-electron chi connectivity index (χ3n) is 14.4. The largest absolute Gasteiger partial charge is 0.354 e. The molecule has 2 aromatic carbocycles. The Hall–Kier alpha value is -4.96. The Morgan fingerprint density at radius 2 is 0.719 bits per heavy atom. The Kier molecular flexibility index (Phi) is 12.1. The normalized spacial score (nSPS) is 14.1. The monoisotopic (exact) mass is 855 g/mol. The molecule has 2 aliphatic rings. The van der Waals surface area contributed by atoms with Crippen LogP contribution in [0.2, 0.25) is 0 Å². The molecule has 8 bridgehead atoms. The zero-order valence-electron chi connectivity index (χ0n) is 43.3. The molecule has 4 nitrogen and oxygen atoms in total. The molecule has 0 saturated heterocycles. The van der Waals surface area contributed by atoms with Crippen LogP contribution >= 0.6 is 0 Å². The summed E-state index contributed by atoms with van der Waals surface area (Å²) >= 11 is 0. The summed E-state index contributed by atoms with van der Waals surface area (Å²) in [5, 5.41) is 0. The van der Waals surface area contributed by atoms with Gasteiger partial charge in [0, 0.05) is 22.2 Å². The SMILES string of the molecule is CCC1=C(C)c2nc1cc1[nH]c(c(C)c1CC)c(-c1cc(C(C)(C)C)cc(C(C)(C)C)c1)c1[nH]c(cc3nc(c2-c2cc(C(C)(C)C)cc(C(C)(C)C)c2)C(C)=C3CC)c(CC)c1C. The highest BCUT2D eigenvalue weighted by Crippen LogP contribution is 2.46. The Bertz CT molecular complexity index is 2740. The zero-order chi connectivity index (χ0) is 47.2. The van der Waals surface area contributed by atoms with E-state index in [1.165, 1.54) is 94.5 Å². The molecule has 0 aliphatic carbocycles. The third-order valence-corrected chi connectivity index (χ3v) is 14.4. The number of H-pyrrole nitrogens is 2. The van der Waals surface area contributed by atoms with Gasteiger partial charge in [-0.1, -0.05) is 147 Å². The van der Waals surface area contributed by atoms with Crippen LogP contribution < -0.4 is 0 Å². The van der Waals surface area contributed by atoms with Crippen LogP contribution in [0.4, 0.5) is 0 Å². The van der Waals surface area contributed by atoms with E-state index in [9.17, 15) is 0 Å². The van der Waals surface area contributed by atoms with Gasteiger partial charge in [0.25, 0.3) is 0 Å². The predicted octanol–water partition coefficient (Wildman–Crippen LogP) is 17.3. The summed E-state index contributed by atoms with van der Waals surface area (Å²) in [6.45, 7) is 46.4. The van der Waals surface area contributed by atoms with Crippen molar-refractivity contribution in [1.82, 2.24) is 19.9 Å². The molecule has 0 amide bonds. The molecular weight excluding hydrogens is 777 g/mol. The van der Waals surface area contributed by atoms with Gasteiger partial charge in [0.1, 0.15) is 0 Å². The summed E-state index contributed by atoms with van der Waals surface area (Å²) < 4.78 is 0. The minimum Gasteiger partial charge on any atom is -0.354 e. The molecule has 2 aliphatic heterocycles. The molecule has 338 valence electrons. The second kappa shape index (κ2) is 16.5. The van der Waals surface area contributed by atoms with Gasteiger partial charge in [-0.2, -0.15) is 0 Å². The summed E-state index contributed by atoms with van der Waals surface area (Å²) in [5.41, 5.74) is 29.0. The fraction of sp³-hybridized carbons (Fsp3) is 0.467. The number of allylic oxidation sites excluding steroid dienone is 4. The van der Waals surface area contributed by atoms with Gasteiger partial charge in [-0.15, -0.1) is 0 Å². The van der Waals surface area contributed by atoms with Gasteiger partial charge in [0.05, 0.1) is 33.8 Å². The smallest absolute Gasteiger partial charge is 0.0769 e. The Morgan fingerprint density at radius 3 is 1.00 bits per heavy atom. The molecule has 0 radical (unpaired) electrons. The molecule has 5 aromatic rings. The number of rotatable bonds is 6. The fourth-order valence-corrected chi connectivity index (χ4v) is 10.2. The summed E-state index contributed by atoms with van der Waals surface area (Å²) in [5.74, 6) is 0. The van der Waals surface area contributed by atoms with Crippen LogP contribution in [0, 0.1) is 13.8 Å². The molecule has 7 rings (SSSR count). The Balaban J connectivity index is 1.79. The lowest BCUT2D eigenvalue weighted by Gasteiger charge is -2.26. The quantitative estimate of drug-likeness (QED) is 0.179. The van der Waals surface area contributed by atoms with Crippen LogP contribution in [0.5, 0.6) is 0 Å². The number of aryl methyl sites for hydroxylation is 4. The molecule has 2 N–H and O–H groups in total. The first-order valence-corrected chi connectivity index (χ1v) is 24.3. The standard InChI is InChI=1S/C60H78N4/c1-21-43-33(5)53-51(37-25-39(57(9,10)11)29-40(26-37)58(12,13)14)54-35(7)45(23-3)49(63-54)32-50-46(24-4)36(8)56(64-50)52(55-34(6)44(22-2)48(62-55)31-47(43)61-53)38-27-41(59(15,16)17)30-42(28-38)60(18,19)20/h25-32,61,63H,21-24H2,1-20H3. The molecule has 5 heterocycles. The first kappa shape index (κ1) is 47.0. The number of aromatic nitrogens is 4. The second-order valence-electron chi connectivity index (χ2n) is 23.0. The van der Waals surface area contributed by atoms with E-state index >= 15 is 0 Å². The molecule has 0 atom stereocenters. The molecule has 0 spiro atoms. The van der Waals surface area contributed by atoms with Crippen molar-refractivity contribution in [3.8, 4) is 22.3 Å². The molecular formula is C60H78N4. The lowest BCUT2D eigenvalue weighted by atomic mass is 9.78. The van der Waals surface area contributed by atoms with Gasteiger partial charge in [-0.05, 0) is 165 Å². The molecule has 0 unspecified atom stereocenters. The number of aromatic amines is 2. The number of hydrogen-bond acceptors (Lipinski definition) is 2. The number of hydrogen-bond donors (Lipinski definition) is 2. The van der Waals surface area contributed by atoms with Crippen LogP contribution in [0.1, 0.15) is 205 Å². The maximum absolute atomic E-state index is 5.75. The van der Waals surface area contributed by atoms with Gasteiger partial charge in [-0.25, -0.2) is 9.97 Å². The Labute approximate surface area is 386 Å². The summed E-state index contributed by atoms with van der Waals surface area (Å²) in [6.07, 6.45) is 3.56. The molecule has 0 saturated carbocycles. The predicted molar refractivity (Wildman–Crippen MR) is 280 cm³/mol. The van der Waals surface area contributed by atoms with Gasteiger partial charge in [0.15, 0.2) is 0 Å². The van der Waals surface area contributed by atoms with E-state index in [0.29, 0.717) is 0 Å². The van der Waals surface area contributed by atoms with E-state index < -0.39 is 0 Å². The van der Waals surface area contributed by atoms with Crippen LogP contribution in [0.3, 0.4) is 0 Å². The van der Waals surface area contributed by atoms with E-state index in [4.69, 9.17) is 9.97 Å². The van der Waals surface area contributed by atoms with Crippen molar-refractivity contribution in [3.63, 3.8) is 0 Å². The lowest BCUT2D eigenvalue weighted by molar-refractivity contribution is 0.568. The average Bonchev–Trinajstić information content (AvgIpc) is 3.89. The molecule has 3 aromatic heterocycles. The highest BCUT2D eigenvalue weighted by molar-refractivity contribution is 6.03. The zero-order valence-corrected chi connectivity index (χ0v) is 43.3. The highest BCUT2D eigenvalue weighted by atomic mass is 14.8.